The summed E-state index contributed by atoms with van der Waals surface area (Å²) in [6.45, 7) is 0.799. The molecule has 1 aromatic carbocycles. The third kappa shape index (κ3) is 3.33. The quantitative estimate of drug-likeness (QED) is 0.683. The lowest BCUT2D eigenvalue weighted by atomic mass is 10.1. The molecule has 142 valence electrons. The van der Waals surface area contributed by atoms with E-state index in [2.05, 4.69) is 15.6 Å². The van der Waals surface area contributed by atoms with Gasteiger partial charge in [0, 0.05) is 39.3 Å². The van der Waals surface area contributed by atoms with Crippen LogP contribution in [0.3, 0.4) is 0 Å². The predicted molar refractivity (Wildman–Crippen MR) is 94.4 cm³/mol. The summed E-state index contributed by atoms with van der Waals surface area (Å²) in [7, 11) is 3.13. The number of hydrogen-bond donors (Lipinski definition) is 3. The molecule has 2 heterocycles. The van der Waals surface area contributed by atoms with Gasteiger partial charge in [-0.2, -0.15) is 0 Å². The average Bonchev–Trinajstić information content (AvgIpc) is 3.03. The van der Waals surface area contributed by atoms with Crippen molar-refractivity contribution >= 4 is 17.8 Å². The first-order chi connectivity index (χ1) is 12.8. The van der Waals surface area contributed by atoms with Crippen LogP contribution in [0.2, 0.25) is 0 Å². The molecule has 3 rings (SSSR count). The molecule has 1 aromatic heterocycles. The van der Waals surface area contributed by atoms with Crippen LogP contribution in [0.4, 0.5) is 10.3 Å². The van der Waals surface area contributed by atoms with Gasteiger partial charge in [0.05, 0.1) is 0 Å². The minimum absolute atomic E-state index is 0.0729. The molecule has 1 aliphatic heterocycles. The molecule has 0 unspecified atom stereocenters. The monoisotopic (exact) mass is 375 g/mol. The fourth-order valence-electron chi connectivity index (χ4n) is 2.84. The SMILES string of the molecule is CNC(=O)c1cc(F)ccc1CNC(=O)c1nc2n(c(=O)c1O)CCN2C. The molecule has 27 heavy (non-hydrogen) atoms. The fraction of sp³-hybridized carbons (Fsp3) is 0.294. The van der Waals surface area contributed by atoms with Crippen LogP contribution in [0.5, 0.6) is 5.75 Å². The largest absolute Gasteiger partial charge is 0.501 e. The van der Waals surface area contributed by atoms with Crippen LogP contribution in [0, 0.1) is 5.82 Å². The first kappa shape index (κ1) is 18.4. The average molecular weight is 375 g/mol. The molecule has 9 nitrogen and oxygen atoms in total. The fourth-order valence-corrected chi connectivity index (χ4v) is 2.84. The van der Waals surface area contributed by atoms with Gasteiger partial charge in [-0.3, -0.25) is 19.0 Å². The summed E-state index contributed by atoms with van der Waals surface area (Å²) >= 11 is 0. The number of nitrogens with zero attached hydrogens (tertiary/aromatic N) is 3. The summed E-state index contributed by atoms with van der Waals surface area (Å²) in [6.07, 6.45) is 0. The lowest BCUT2D eigenvalue weighted by Gasteiger charge is -2.13. The molecule has 2 aromatic rings. The van der Waals surface area contributed by atoms with Crippen LogP contribution in [0.15, 0.2) is 23.0 Å². The highest BCUT2D eigenvalue weighted by molar-refractivity contribution is 5.97. The number of rotatable bonds is 4. The van der Waals surface area contributed by atoms with E-state index in [-0.39, 0.29) is 18.1 Å². The Hall–Kier alpha value is -3.43. The number of anilines is 1. The molecular formula is C17H18FN5O4. The zero-order chi connectivity index (χ0) is 19.7. The maximum atomic E-state index is 13.4. The molecule has 0 aliphatic carbocycles. The third-order valence-corrected chi connectivity index (χ3v) is 4.32. The molecule has 2 amide bonds. The van der Waals surface area contributed by atoms with Crippen LogP contribution < -0.4 is 21.1 Å². The van der Waals surface area contributed by atoms with E-state index in [1.54, 1.807) is 11.9 Å². The number of amides is 2. The van der Waals surface area contributed by atoms with E-state index < -0.39 is 34.6 Å². The van der Waals surface area contributed by atoms with Gasteiger partial charge in [-0.15, -0.1) is 0 Å². The molecule has 1 aliphatic rings. The normalized spacial score (nSPS) is 12.6. The van der Waals surface area contributed by atoms with Crippen LogP contribution >= 0.6 is 0 Å². The molecule has 10 heteroatoms. The zero-order valence-corrected chi connectivity index (χ0v) is 14.7. The van der Waals surface area contributed by atoms with E-state index in [9.17, 15) is 23.9 Å². The highest BCUT2D eigenvalue weighted by atomic mass is 19.1. The second kappa shape index (κ2) is 7.06. The molecule has 0 atom stereocenters. The minimum atomic E-state index is -0.777. The molecule has 3 N–H and O–H groups in total. The van der Waals surface area contributed by atoms with E-state index >= 15 is 0 Å². The van der Waals surface area contributed by atoms with Crippen molar-refractivity contribution in [3.05, 3.63) is 51.2 Å². The number of likely N-dealkylation sites (N-methyl/N-ethyl adjacent to an activating group) is 1. The number of aromatic hydroxyl groups is 1. The highest BCUT2D eigenvalue weighted by Crippen LogP contribution is 2.19. The van der Waals surface area contributed by atoms with Crippen LogP contribution in [-0.4, -0.2) is 47.1 Å². The van der Waals surface area contributed by atoms with Crippen molar-refractivity contribution in [3.8, 4) is 5.75 Å². The van der Waals surface area contributed by atoms with Crippen LogP contribution in [0.25, 0.3) is 0 Å². The van der Waals surface area contributed by atoms with E-state index in [0.29, 0.717) is 18.7 Å². The van der Waals surface area contributed by atoms with E-state index in [4.69, 9.17) is 0 Å². The molecule has 0 fully saturated rings. The first-order valence-corrected chi connectivity index (χ1v) is 8.17. The van der Waals surface area contributed by atoms with Crippen molar-refractivity contribution in [2.45, 2.75) is 13.1 Å². The Morgan fingerprint density at radius 1 is 1.30 bits per heavy atom. The van der Waals surface area contributed by atoms with E-state index in [1.807, 2.05) is 0 Å². The predicted octanol–water partition coefficient (Wildman–Crippen LogP) is -0.173. The summed E-state index contributed by atoms with van der Waals surface area (Å²) < 4.78 is 14.7. The Labute approximate surface area is 153 Å². The van der Waals surface area contributed by atoms with Crippen molar-refractivity contribution in [3.63, 3.8) is 0 Å². The van der Waals surface area contributed by atoms with Gasteiger partial charge in [-0.05, 0) is 17.7 Å². The number of benzene rings is 1. The summed E-state index contributed by atoms with van der Waals surface area (Å²) in [5.74, 6) is -2.32. The summed E-state index contributed by atoms with van der Waals surface area (Å²) in [5, 5.41) is 14.9. The molecule has 0 saturated carbocycles. The van der Waals surface area contributed by atoms with Gasteiger partial charge in [0.1, 0.15) is 5.82 Å². The topological polar surface area (TPSA) is 117 Å². The Bertz CT molecular complexity index is 988. The van der Waals surface area contributed by atoms with Gasteiger partial charge in [-0.25, -0.2) is 9.37 Å². The van der Waals surface area contributed by atoms with Gasteiger partial charge >= 0.3 is 0 Å². The Morgan fingerprint density at radius 3 is 2.74 bits per heavy atom. The maximum Gasteiger partial charge on any atom is 0.298 e. The lowest BCUT2D eigenvalue weighted by molar-refractivity contribution is 0.0933. The number of nitrogens with one attached hydrogen (secondary N) is 2. The highest BCUT2D eigenvalue weighted by Gasteiger charge is 2.26. The maximum absolute atomic E-state index is 13.4. The summed E-state index contributed by atoms with van der Waals surface area (Å²) in [5.41, 5.74) is -0.645. The molecule has 0 spiro atoms. The zero-order valence-electron chi connectivity index (χ0n) is 14.7. The standard InChI is InChI=1S/C17H18FN5O4/c1-19-14(25)11-7-10(18)4-3-9(11)8-20-15(26)12-13(24)16(27)23-6-5-22(2)17(23)21-12/h3-4,7,24H,5-6,8H2,1-2H3,(H,19,25)(H,20,26). The minimum Gasteiger partial charge on any atom is -0.501 e. The number of hydrogen-bond acceptors (Lipinski definition) is 6. The molecule has 0 bridgehead atoms. The Balaban J connectivity index is 1.86. The van der Waals surface area contributed by atoms with Crippen LogP contribution in [0.1, 0.15) is 26.4 Å². The second-order valence-electron chi connectivity index (χ2n) is 6.05. The van der Waals surface area contributed by atoms with Crippen molar-refractivity contribution in [1.29, 1.82) is 0 Å². The molecule has 0 radical (unpaired) electrons. The van der Waals surface area contributed by atoms with Gasteiger partial charge < -0.3 is 20.6 Å². The number of halogens is 1. The Morgan fingerprint density at radius 2 is 2.04 bits per heavy atom. The van der Waals surface area contributed by atoms with Gasteiger partial charge in [0.2, 0.25) is 11.7 Å². The molecule has 0 saturated heterocycles. The Kier molecular flexibility index (Phi) is 4.80. The second-order valence-corrected chi connectivity index (χ2v) is 6.05. The smallest absolute Gasteiger partial charge is 0.298 e. The molecular weight excluding hydrogens is 357 g/mol. The van der Waals surface area contributed by atoms with Crippen molar-refractivity contribution in [2.24, 2.45) is 0 Å². The van der Waals surface area contributed by atoms with Gasteiger partial charge in [0.15, 0.2) is 5.69 Å². The van der Waals surface area contributed by atoms with E-state index in [1.165, 1.54) is 23.7 Å². The number of carbonyl (C=O) groups is 2. The van der Waals surface area contributed by atoms with Crippen molar-refractivity contribution in [1.82, 2.24) is 20.2 Å². The third-order valence-electron chi connectivity index (χ3n) is 4.32. The number of aromatic nitrogens is 2. The van der Waals surface area contributed by atoms with Gasteiger partial charge in [-0.1, -0.05) is 6.07 Å². The summed E-state index contributed by atoms with van der Waals surface area (Å²) in [6, 6.07) is 3.60. The summed E-state index contributed by atoms with van der Waals surface area (Å²) in [4.78, 5) is 42.3. The van der Waals surface area contributed by atoms with E-state index in [0.717, 1.165) is 6.07 Å². The van der Waals surface area contributed by atoms with Crippen LogP contribution in [-0.2, 0) is 13.1 Å². The van der Waals surface area contributed by atoms with Crippen molar-refractivity contribution in [2.75, 3.05) is 25.5 Å². The van der Waals surface area contributed by atoms with Crippen molar-refractivity contribution < 1.29 is 19.1 Å². The number of fused-ring (bicyclic) bond motifs is 1. The number of carbonyl (C=O) groups excluding carboxylic acids is 2. The lowest BCUT2D eigenvalue weighted by Crippen LogP contribution is -2.30. The first-order valence-electron chi connectivity index (χ1n) is 8.17. The van der Waals surface area contributed by atoms with Gasteiger partial charge in [0.25, 0.3) is 17.4 Å².